The topological polar surface area (TPSA) is 46.9 Å². The van der Waals surface area contributed by atoms with Crippen LogP contribution in [0.15, 0.2) is 61.1 Å². The number of rotatable bonds is 4. The summed E-state index contributed by atoms with van der Waals surface area (Å²) in [4.78, 5) is 18.5. The summed E-state index contributed by atoms with van der Waals surface area (Å²) >= 11 is 7.14. The quantitative estimate of drug-likeness (QED) is 0.548. The highest BCUT2D eigenvalue weighted by Gasteiger charge is 2.20. The van der Waals surface area contributed by atoms with Crippen LogP contribution in [-0.2, 0) is 6.54 Å². The van der Waals surface area contributed by atoms with Crippen molar-refractivity contribution in [2.45, 2.75) is 6.54 Å². The Morgan fingerprint density at radius 3 is 2.81 bits per heavy atom. The van der Waals surface area contributed by atoms with Crippen LogP contribution in [-0.4, -0.2) is 15.5 Å². The Morgan fingerprint density at radius 2 is 2.04 bits per heavy atom. The lowest BCUT2D eigenvalue weighted by Crippen LogP contribution is -2.23. The molecule has 0 atom stereocenters. The average Bonchev–Trinajstić information content (AvgIpc) is 3.29. The summed E-state index contributed by atoms with van der Waals surface area (Å²) in [7, 11) is 0. The van der Waals surface area contributed by atoms with E-state index in [9.17, 15) is 9.18 Å². The summed E-state index contributed by atoms with van der Waals surface area (Å²) in [6, 6.07) is 12.0. The van der Waals surface area contributed by atoms with Gasteiger partial charge < -0.3 is 9.88 Å². The Kier molecular flexibility index (Phi) is 4.44. The van der Waals surface area contributed by atoms with Gasteiger partial charge in [-0.05, 0) is 42.0 Å². The second-order valence-corrected chi connectivity index (χ2v) is 7.06. The Hall–Kier alpha value is -2.70. The molecule has 3 aromatic heterocycles. The zero-order chi connectivity index (χ0) is 18.1. The van der Waals surface area contributed by atoms with Crippen LogP contribution in [0.25, 0.3) is 15.9 Å². The Bertz CT molecular complexity index is 1090. The molecule has 1 N–H and O–H groups in total. The molecule has 0 aliphatic rings. The second kappa shape index (κ2) is 6.90. The number of pyridine rings is 1. The van der Waals surface area contributed by atoms with Gasteiger partial charge in [0.15, 0.2) is 0 Å². The van der Waals surface area contributed by atoms with E-state index in [1.807, 2.05) is 41.2 Å². The minimum Gasteiger partial charge on any atom is -0.347 e. The molecular formula is C19H13ClFN3OS. The van der Waals surface area contributed by atoms with Gasteiger partial charge in [-0.1, -0.05) is 17.7 Å². The summed E-state index contributed by atoms with van der Waals surface area (Å²) in [5.41, 5.74) is 1.53. The second-order valence-electron chi connectivity index (χ2n) is 5.66. The third-order valence-corrected chi connectivity index (χ3v) is 5.34. The Morgan fingerprint density at radius 1 is 1.23 bits per heavy atom. The Balaban J connectivity index is 1.66. The van der Waals surface area contributed by atoms with Gasteiger partial charge in [0.2, 0.25) is 0 Å². The highest BCUT2D eigenvalue weighted by Crippen LogP contribution is 2.33. The van der Waals surface area contributed by atoms with E-state index >= 15 is 0 Å². The first-order valence-corrected chi connectivity index (χ1v) is 9.06. The number of fused-ring (bicyclic) bond motifs is 1. The van der Waals surface area contributed by atoms with Gasteiger partial charge >= 0.3 is 0 Å². The molecule has 0 fully saturated rings. The van der Waals surface area contributed by atoms with E-state index in [-0.39, 0.29) is 17.5 Å². The van der Waals surface area contributed by atoms with Gasteiger partial charge in [0, 0.05) is 30.5 Å². The first-order valence-electron chi connectivity index (χ1n) is 7.86. The summed E-state index contributed by atoms with van der Waals surface area (Å²) < 4.78 is 15.2. The van der Waals surface area contributed by atoms with E-state index in [0.29, 0.717) is 4.88 Å². The fourth-order valence-electron chi connectivity index (χ4n) is 2.73. The minimum atomic E-state index is -0.479. The molecule has 4 rings (SSSR count). The van der Waals surface area contributed by atoms with Crippen LogP contribution >= 0.6 is 22.9 Å². The van der Waals surface area contributed by atoms with E-state index in [4.69, 9.17) is 11.6 Å². The molecule has 7 heteroatoms. The fraction of sp³-hybridized carbons (Fsp3) is 0.0526. The first-order chi connectivity index (χ1) is 12.6. The number of aromatic nitrogens is 2. The SMILES string of the molecule is O=C(NCc1ccc(F)c(Cl)c1)c1sc2ncccc2c1-n1cccc1. The summed E-state index contributed by atoms with van der Waals surface area (Å²) in [6.45, 7) is 0.256. The van der Waals surface area contributed by atoms with Gasteiger partial charge in [-0.25, -0.2) is 9.37 Å². The van der Waals surface area contributed by atoms with Crippen molar-refractivity contribution in [1.29, 1.82) is 0 Å². The van der Waals surface area contributed by atoms with Crippen molar-refractivity contribution < 1.29 is 9.18 Å². The van der Waals surface area contributed by atoms with Gasteiger partial charge in [-0.3, -0.25) is 4.79 Å². The van der Waals surface area contributed by atoms with Crippen LogP contribution in [0.4, 0.5) is 4.39 Å². The van der Waals surface area contributed by atoms with Gasteiger partial charge in [0.1, 0.15) is 15.5 Å². The number of amides is 1. The molecule has 0 radical (unpaired) electrons. The van der Waals surface area contributed by atoms with E-state index < -0.39 is 5.82 Å². The van der Waals surface area contributed by atoms with E-state index in [0.717, 1.165) is 21.5 Å². The molecule has 4 aromatic rings. The van der Waals surface area contributed by atoms with Crippen LogP contribution in [0.3, 0.4) is 0 Å². The maximum absolute atomic E-state index is 13.3. The highest BCUT2D eigenvalue weighted by molar-refractivity contribution is 7.21. The normalized spacial score (nSPS) is 11.0. The standard InChI is InChI=1S/C19H13ClFN3OS/c20-14-10-12(5-6-15(14)21)11-23-18(25)17-16(24-8-1-2-9-24)13-4-3-7-22-19(13)26-17/h1-10H,11H2,(H,23,25). The molecule has 0 aliphatic carbocycles. The molecule has 0 saturated carbocycles. The molecule has 130 valence electrons. The van der Waals surface area contributed by atoms with E-state index in [2.05, 4.69) is 10.3 Å². The number of thiophene rings is 1. The zero-order valence-electron chi connectivity index (χ0n) is 13.4. The number of benzene rings is 1. The number of halogens is 2. The predicted molar refractivity (Wildman–Crippen MR) is 102 cm³/mol. The predicted octanol–water partition coefficient (Wildman–Crippen LogP) is 4.81. The number of hydrogen-bond donors (Lipinski definition) is 1. The third kappa shape index (κ3) is 3.09. The highest BCUT2D eigenvalue weighted by atomic mass is 35.5. The molecule has 0 unspecified atom stereocenters. The number of nitrogens with zero attached hydrogens (tertiary/aromatic N) is 2. The zero-order valence-corrected chi connectivity index (χ0v) is 15.0. The van der Waals surface area contributed by atoms with Gasteiger partial charge in [-0.15, -0.1) is 11.3 Å². The minimum absolute atomic E-state index is 0.0378. The molecule has 4 nitrogen and oxygen atoms in total. The van der Waals surface area contributed by atoms with Crippen molar-refractivity contribution in [3.8, 4) is 5.69 Å². The lowest BCUT2D eigenvalue weighted by atomic mass is 10.2. The molecule has 3 heterocycles. The maximum atomic E-state index is 13.3. The van der Waals surface area contributed by atoms with Crippen molar-refractivity contribution in [1.82, 2.24) is 14.9 Å². The molecule has 0 spiro atoms. The molecule has 26 heavy (non-hydrogen) atoms. The molecule has 0 aliphatic heterocycles. The largest absolute Gasteiger partial charge is 0.347 e. The smallest absolute Gasteiger partial charge is 0.263 e. The number of carbonyl (C=O) groups excluding carboxylic acids is 1. The van der Waals surface area contributed by atoms with Crippen LogP contribution in [0, 0.1) is 5.82 Å². The molecule has 0 saturated heterocycles. The van der Waals surface area contributed by atoms with Crippen LogP contribution in [0.2, 0.25) is 5.02 Å². The third-order valence-electron chi connectivity index (χ3n) is 3.95. The monoisotopic (exact) mass is 385 g/mol. The van der Waals surface area contributed by atoms with Crippen molar-refractivity contribution in [2.24, 2.45) is 0 Å². The van der Waals surface area contributed by atoms with Crippen LogP contribution < -0.4 is 5.32 Å². The summed E-state index contributed by atoms with van der Waals surface area (Å²) in [6.07, 6.45) is 5.50. The first kappa shape index (κ1) is 16.8. The van der Waals surface area contributed by atoms with Crippen molar-refractivity contribution in [3.05, 3.63) is 82.3 Å². The van der Waals surface area contributed by atoms with Crippen molar-refractivity contribution >= 4 is 39.1 Å². The van der Waals surface area contributed by atoms with E-state index in [1.165, 1.54) is 23.5 Å². The van der Waals surface area contributed by atoms with Crippen molar-refractivity contribution in [3.63, 3.8) is 0 Å². The Labute approximate surface area is 157 Å². The van der Waals surface area contributed by atoms with Gasteiger partial charge in [0.25, 0.3) is 5.91 Å². The van der Waals surface area contributed by atoms with Gasteiger partial charge in [0.05, 0.1) is 10.7 Å². The average molecular weight is 386 g/mol. The molecule has 1 amide bonds. The fourth-order valence-corrected chi connectivity index (χ4v) is 3.99. The number of carbonyl (C=O) groups is 1. The molecular weight excluding hydrogens is 373 g/mol. The maximum Gasteiger partial charge on any atom is 0.263 e. The summed E-state index contributed by atoms with van der Waals surface area (Å²) in [5, 5.41) is 3.83. The molecule has 0 bridgehead atoms. The van der Waals surface area contributed by atoms with Gasteiger partial charge in [-0.2, -0.15) is 0 Å². The van der Waals surface area contributed by atoms with E-state index in [1.54, 1.807) is 12.3 Å². The number of hydrogen-bond acceptors (Lipinski definition) is 3. The number of nitrogens with one attached hydrogen (secondary N) is 1. The molecule has 1 aromatic carbocycles. The summed E-state index contributed by atoms with van der Waals surface area (Å²) in [5.74, 6) is -0.690. The van der Waals surface area contributed by atoms with Crippen LogP contribution in [0.1, 0.15) is 15.2 Å². The van der Waals surface area contributed by atoms with Crippen molar-refractivity contribution in [2.75, 3.05) is 0 Å². The van der Waals surface area contributed by atoms with Crippen LogP contribution in [0.5, 0.6) is 0 Å². The lowest BCUT2D eigenvalue weighted by molar-refractivity contribution is 0.0955. The lowest BCUT2D eigenvalue weighted by Gasteiger charge is -2.08.